The number of hydrogen-bond donors (Lipinski definition) is 0. The number of carbonyl (C=O) groups is 2. The van der Waals surface area contributed by atoms with Crippen molar-refractivity contribution in [2.75, 3.05) is 14.2 Å². The average Bonchev–Trinajstić information content (AvgIpc) is 2.91. The highest BCUT2D eigenvalue weighted by atomic mass is 16.5. The lowest BCUT2D eigenvalue weighted by Gasteiger charge is -2.11. The van der Waals surface area contributed by atoms with E-state index >= 15 is 0 Å². The van der Waals surface area contributed by atoms with Crippen molar-refractivity contribution in [2.24, 2.45) is 11.8 Å². The molecule has 0 aromatic heterocycles. The first-order valence-corrected chi connectivity index (χ1v) is 5.79. The van der Waals surface area contributed by atoms with E-state index in [-0.39, 0.29) is 11.8 Å². The van der Waals surface area contributed by atoms with Crippen LogP contribution in [-0.4, -0.2) is 26.2 Å². The Hall–Kier alpha value is -1.84. The van der Waals surface area contributed by atoms with Crippen LogP contribution in [0, 0.1) is 11.8 Å². The van der Waals surface area contributed by atoms with Crippen LogP contribution in [0.1, 0.15) is 13.8 Å². The van der Waals surface area contributed by atoms with Crippen LogP contribution in [0.4, 0.5) is 0 Å². The lowest BCUT2D eigenvalue weighted by atomic mass is 9.95. The Bertz CT molecular complexity index is 466. The third-order valence-electron chi connectivity index (χ3n) is 3.47. The molecular weight excluding hydrogens is 232 g/mol. The van der Waals surface area contributed by atoms with E-state index in [1.807, 2.05) is 26.0 Å². The summed E-state index contributed by atoms with van der Waals surface area (Å²) in [5.74, 6) is -1.18. The monoisotopic (exact) mass is 248 g/mol. The first-order valence-electron chi connectivity index (χ1n) is 5.79. The predicted molar refractivity (Wildman–Crippen MR) is 65.6 cm³/mol. The molecule has 96 valence electrons. The molecule has 4 heteroatoms. The molecular formula is C14H16O4. The summed E-state index contributed by atoms with van der Waals surface area (Å²) in [7, 11) is 2.64. The quantitative estimate of drug-likeness (QED) is 0.552. The predicted octanol–water partition coefficient (Wildman–Crippen LogP) is 1.78. The third kappa shape index (κ3) is 1.60. The molecule has 2 aliphatic rings. The van der Waals surface area contributed by atoms with Gasteiger partial charge in [0.1, 0.15) is 0 Å². The summed E-state index contributed by atoms with van der Waals surface area (Å²) in [5.41, 5.74) is 3.06. The van der Waals surface area contributed by atoms with Crippen molar-refractivity contribution in [3.8, 4) is 0 Å². The maximum Gasteiger partial charge on any atom is 0.335 e. The van der Waals surface area contributed by atoms with E-state index in [2.05, 4.69) is 0 Å². The van der Waals surface area contributed by atoms with Crippen LogP contribution in [0.5, 0.6) is 0 Å². The minimum atomic E-state index is -0.453. The second kappa shape index (κ2) is 4.44. The van der Waals surface area contributed by atoms with Gasteiger partial charge in [-0.2, -0.15) is 0 Å². The Balaban J connectivity index is 2.56. The van der Waals surface area contributed by atoms with E-state index in [1.54, 1.807) is 0 Å². The Kier molecular flexibility index (Phi) is 3.11. The number of ether oxygens (including phenoxy) is 2. The average molecular weight is 248 g/mol. The van der Waals surface area contributed by atoms with Crippen LogP contribution in [0.15, 0.2) is 34.4 Å². The molecule has 4 nitrogen and oxygen atoms in total. The molecule has 0 heterocycles. The van der Waals surface area contributed by atoms with Crippen LogP contribution in [0.2, 0.25) is 0 Å². The topological polar surface area (TPSA) is 52.6 Å². The van der Waals surface area contributed by atoms with Crippen molar-refractivity contribution >= 4 is 11.9 Å². The molecule has 0 radical (unpaired) electrons. The number of allylic oxidation sites excluding steroid dienone is 4. The van der Waals surface area contributed by atoms with E-state index in [0.717, 1.165) is 11.1 Å². The van der Waals surface area contributed by atoms with E-state index in [0.29, 0.717) is 11.1 Å². The fourth-order valence-electron chi connectivity index (χ4n) is 2.78. The van der Waals surface area contributed by atoms with Crippen LogP contribution in [0.25, 0.3) is 0 Å². The summed E-state index contributed by atoms with van der Waals surface area (Å²) in [6, 6.07) is 0. The van der Waals surface area contributed by atoms with Gasteiger partial charge in [-0.15, -0.1) is 0 Å². The molecule has 0 aromatic carbocycles. The van der Waals surface area contributed by atoms with Crippen molar-refractivity contribution in [1.82, 2.24) is 0 Å². The van der Waals surface area contributed by atoms with Crippen molar-refractivity contribution < 1.29 is 19.1 Å². The summed E-state index contributed by atoms with van der Waals surface area (Å²) >= 11 is 0. The van der Waals surface area contributed by atoms with Crippen LogP contribution in [-0.2, 0) is 19.1 Å². The van der Waals surface area contributed by atoms with Gasteiger partial charge in [0.25, 0.3) is 0 Å². The molecule has 0 aromatic rings. The van der Waals surface area contributed by atoms with Crippen molar-refractivity contribution in [3.63, 3.8) is 0 Å². The molecule has 2 unspecified atom stereocenters. The van der Waals surface area contributed by atoms with Gasteiger partial charge in [0.2, 0.25) is 0 Å². The highest BCUT2D eigenvalue weighted by Gasteiger charge is 2.46. The summed E-state index contributed by atoms with van der Waals surface area (Å²) < 4.78 is 9.56. The molecule has 0 fully saturated rings. The fourth-order valence-corrected chi connectivity index (χ4v) is 2.78. The molecule has 2 atom stereocenters. The van der Waals surface area contributed by atoms with Gasteiger partial charge in [0, 0.05) is 11.8 Å². The molecule has 0 saturated carbocycles. The van der Waals surface area contributed by atoms with Gasteiger partial charge in [-0.1, -0.05) is 17.7 Å². The van der Waals surface area contributed by atoms with Crippen LogP contribution < -0.4 is 0 Å². The lowest BCUT2D eigenvalue weighted by molar-refractivity contribution is -0.139. The Morgan fingerprint density at radius 1 is 0.944 bits per heavy atom. The standard InChI is InChI=1S/C14H16O4/c1-7(2)10-8-5-6-9(10)12(14(16)18-4)11(8)13(15)17-3/h5-6,8-9H,1-4H3. The van der Waals surface area contributed by atoms with Gasteiger partial charge in [-0.05, 0) is 19.4 Å². The normalized spacial score (nSPS) is 24.6. The lowest BCUT2D eigenvalue weighted by Crippen LogP contribution is -2.17. The Morgan fingerprint density at radius 2 is 1.33 bits per heavy atom. The second-order valence-corrected chi connectivity index (χ2v) is 4.61. The van der Waals surface area contributed by atoms with Gasteiger partial charge in [0.15, 0.2) is 0 Å². The molecule has 0 spiro atoms. The number of esters is 2. The number of methoxy groups -OCH3 is 2. The number of fused-ring (bicyclic) bond motifs is 2. The van der Waals surface area contributed by atoms with Gasteiger partial charge in [-0.3, -0.25) is 0 Å². The molecule has 18 heavy (non-hydrogen) atoms. The second-order valence-electron chi connectivity index (χ2n) is 4.61. The minimum Gasteiger partial charge on any atom is -0.466 e. The molecule has 0 amide bonds. The Morgan fingerprint density at radius 3 is 1.61 bits per heavy atom. The fraction of sp³-hybridized carbons (Fsp3) is 0.429. The van der Waals surface area contributed by atoms with Crippen LogP contribution >= 0.6 is 0 Å². The number of hydrogen-bond acceptors (Lipinski definition) is 4. The SMILES string of the molecule is COC(=O)C1=C(C(=O)OC)C2C=CC1C2=C(C)C. The molecule has 0 aliphatic heterocycles. The van der Waals surface area contributed by atoms with E-state index < -0.39 is 11.9 Å². The first-order chi connectivity index (χ1) is 8.52. The highest BCUT2D eigenvalue weighted by molar-refractivity contribution is 6.05. The largest absolute Gasteiger partial charge is 0.466 e. The first kappa shape index (κ1) is 12.6. The molecule has 2 rings (SSSR count). The van der Waals surface area contributed by atoms with Gasteiger partial charge >= 0.3 is 11.9 Å². The zero-order valence-electron chi connectivity index (χ0n) is 10.9. The van der Waals surface area contributed by atoms with Crippen molar-refractivity contribution in [2.45, 2.75) is 13.8 Å². The van der Waals surface area contributed by atoms with E-state index in [4.69, 9.17) is 9.47 Å². The summed E-state index contributed by atoms with van der Waals surface area (Å²) in [6.07, 6.45) is 3.90. The van der Waals surface area contributed by atoms with E-state index in [9.17, 15) is 9.59 Å². The van der Waals surface area contributed by atoms with Crippen LogP contribution in [0.3, 0.4) is 0 Å². The molecule has 0 N–H and O–H groups in total. The smallest absolute Gasteiger partial charge is 0.335 e. The van der Waals surface area contributed by atoms with Gasteiger partial charge in [0.05, 0.1) is 25.4 Å². The zero-order chi connectivity index (χ0) is 13.4. The van der Waals surface area contributed by atoms with Gasteiger partial charge < -0.3 is 9.47 Å². The molecule has 2 bridgehead atoms. The maximum absolute atomic E-state index is 11.9. The highest BCUT2D eigenvalue weighted by Crippen LogP contribution is 2.49. The number of rotatable bonds is 2. The zero-order valence-corrected chi connectivity index (χ0v) is 10.9. The summed E-state index contributed by atoms with van der Waals surface area (Å²) in [4.78, 5) is 23.7. The van der Waals surface area contributed by atoms with Crippen molar-refractivity contribution in [3.05, 3.63) is 34.4 Å². The molecule has 0 saturated heterocycles. The summed E-state index contributed by atoms with van der Waals surface area (Å²) in [6.45, 7) is 3.97. The molecule has 2 aliphatic carbocycles. The third-order valence-corrected chi connectivity index (χ3v) is 3.47. The minimum absolute atomic E-state index is 0.137. The van der Waals surface area contributed by atoms with Gasteiger partial charge in [-0.25, -0.2) is 9.59 Å². The Labute approximate surface area is 106 Å². The summed E-state index contributed by atoms with van der Waals surface area (Å²) in [5, 5.41) is 0. The van der Waals surface area contributed by atoms with Crippen molar-refractivity contribution in [1.29, 1.82) is 0 Å². The maximum atomic E-state index is 11.9. The number of carbonyl (C=O) groups excluding carboxylic acids is 2. The van der Waals surface area contributed by atoms with E-state index in [1.165, 1.54) is 14.2 Å².